The molecule has 6 heteroatoms. The summed E-state index contributed by atoms with van der Waals surface area (Å²) >= 11 is 5.87. The fraction of sp³-hybridized carbons (Fsp3) is 0. The molecule has 1 amide bonds. The summed E-state index contributed by atoms with van der Waals surface area (Å²) in [6, 6.07) is 9.33. The normalized spacial score (nSPS) is 11.2. The monoisotopic (exact) mass is 248 g/mol. The molecule has 0 saturated heterocycles. The quantitative estimate of drug-likeness (QED) is 0.817. The number of aromatic nitrogens is 3. The van der Waals surface area contributed by atoms with Gasteiger partial charge < -0.3 is 5.32 Å². The SMILES string of the molecule is O=C(Nc1cn[nH]n1)C(Cl)=Cc1ccccc1. The van der Waals surface area contributed by atoms with Crippen molar-refractivity contribution < 1.29 is 4.79 Å². The van der Waals surface area contributed by atoms with Gasteiger partial charge >= 0.3 is 0 Å². The molecule has 2 aromatic rings. The van der Waals surface area contributed by atoms with E-state index in [-0.39, 0.29) is 5.03 Å². The molecular weight excluding hydrogens is 240 g/mol. The predicted octanol–water partition coefficient (Wildman–Crippen LogP) is 2.02. The van der Waals surface area contributed by atoms with E-state index in [1.54, 1.807) is 6.08 Å². The molecule has 0 unspecified atom stereocenters. The Hall–Kier alpha value is -2.14. The molecule has 0 aliphatic carbocycles. The number of halogens is 1. The van der Waals surface area contributed by atoms with Gasteiger partial charge in [0.1, 0.15) is 5.03 Å². The zero-order chi connectivity index (χ0) is 12.1. The Morgan fingerprint density at radius 1 is 1.35 bits per heavy atom. The first-order valence-electron chi connectivity index (χ1n) is 4.85. The van der Waals surface area contributed by atoms with Gasteiger partial charge in [0.25, 0.3) is 5.91 Å². The molecule has 0 spiro atoms. The molecule has 0 atom stereocenters. The van der Waals surface area contributed by atoms with Crippen LogP contribution in [0.1, 0.15) is 5.56 Å². The Bertz CT molecular complexity index is 522. The number of aromatic amines is 1. The number of rotatable bonds is 3. The molecule has 0 aliphatic rings. The lowest BCUT2D eigenvalue weighted by molar-refractivity contribution is -0.112. The van der Waals surface area contributed by atoms with Crippen LogP contribution >= 0.6 is 11.6 Å². The van der Waals surface area contributed by atoms with Crippen molar-refractivity contribution in [2.24, 2.45) is 0 Å². The summed E-state index contributed by atoms with van der Waals surface area (Å²) in [5, 5.41) is 12.2. The number of amides is 1. The minimum Gasteiger partial charge on any atom is -0.303 e. The highest BCUT2D eigenvalue weighted by Crippen LogP contribution is 2.12. The third-order valence-corrected chi connectivity index (χ3v) is 2.25. The van der Waals surface area contributed by atoms with Crippen LogP contribution in [0, 0.1) is 0 Å². The van der Waals surface area contributed by atoms with Crippen molar-refractivity contribution in [3.63, 3.8) is 0 Å². The van der Waals surface area contributed by atoms with E-state index in [0.717, 1.165) is 5.56 Å². The van der Waals surface area contributed by atoms with Crippen LogP contribution in [0.5, 0.6) is 0 Å². The Morgan fingerprint density at radius 3 is 2.76 bits per heavy atom. The summed E-state index contributed by atoms with van der Waals surface area (Å²) < 4.78 is 0. The molecule has 5 nitrogen and oxygen atoms in total. The fourth-order valence-corrected chi connectivity index (χ4v) is 1.37. The van der Waals surface area contributed by atoms with Crippen molar-refractivity contribution in [1.29, 1.82) is 0 Å². The molecular formula is C11H9ClN4O. The van der Waals surface area contributed by atoms with Crippen molar-refractivity contribution in [2.75, 3.05) is 5.32 Å². The van der Waals surface area contributed by atoms with Crippen molar-refractivity contribution in [3.05, 3.63) is 47.1 Å². The number of hydrogen-bond donors (Lipinski definition) is 2. The molecule has 0 radical (unpaired) electrons. The summed E-state index contributed by atoms with van der Waals surface area (Å²) in [6.07, 6.45) is 2.97. The van der Waals surface area contributed by atoms with Gasteiger partial charge in [0.2, 0.25) is 0 Å². The van der Waals surface area contributed by atoms with Gasteiger partial charge in [0.15, 0.2) is 5.82 Å². The molecule has 1 heterocycles. The molecule has 17 heavy (non-hydrogen) atoms. The van der Waals surface area contributed by atoms with E-state index in [1.165, 1.54) is 6.20 Å². The zero-order valence-corrected chi connectivity index (χ0v) is 9.48. The van der Waals surface area contributed by atoms with Crippen molar-refractivity contribution in [1.82, 2.24) is 15.4 Å². The van der Waals surface area contributed by atoms with E-state index < -0.39 is 5.91 Å². The topological polar surface area (TPSA) is 70.7 Å². The maximum absolute atomic E-state index is 11.6. The summed E-state index contributed by atoms with van der Waals surface area (Å²) in [5.41, 5.74) is 0.854. The number of hydrogen-bond acceptors (Lipinski definition) is 3. The number of carbonyl (C=O) groups is 1. The average Bonchev–Trinajstić information content (AvgIpc) is 2.83. The summed E-state index contributed by atoms with van der Waals surface area (Å²) in [6.45, 7) is 0. The van der Waals surface area contributed by atoms with Crippen LogP contribution in [0.2, 0.25) is 0 Å². The van der Waals surface area contributed by atoms with E-state index >= 15 is 0 Å². The van der Waals surface area contributed by atoms with Gasteiger partial charge in [-0.15, -0.1) is 5.10 Å². The van der Waals surface area contributed by atoms with E-state index in [2.05, 4.69) is 20.7 Å². The van der Waals surface area contributed by atoms with Crippen LogP contribution in [0.15, 0.2) is 41.6 Å². The first-order chi connectivity index (χ1) is 8.25. The van der Waals surface area contributed by atoms with Gasteiger partial charge in [-0.05, 0) is 11.6 Å². The van der Waals surface area contributed by atoms with Crippen LogP contribution in [-0.4, -0.2) is 21.3 Å². The van der Waals surface area contributed by atoms with E-state index in [0.29, 0.717) is 5.82 Å². The number of H-pyrrole nitrogens is 1. The Morgan fingerprint density at radius 2 is 2.12 bits per heavy atom. The highest BCUT2D eigenvalue weighted by atomic mass is 35.5. The van der Waals surface area contributed by atoms with Gasteiger partial charge in [-0.25, -0.2) is 0 Å². The second-order valence-electron chi connectivity index (χ2n) is 3.21. The van der Waals surface area contributed by atoms with E-state index in [4.69, 9.17) is 11.6 Å². The lowest BCUT2D eigenvalue weighted by Crippen LogP contribution is -2.11. The van der Waals surface area contributed by atoms with E-state index in [9.17, 15) is 4.79 Å². The van der Waals surface area contributed by atoms with Gasteiger partial charge in [0.05, 0.1) is 6.20 Å². The minimum atomic E-state index is -0.426. The third kappa shape index (κ3) is 3.15. The first kappa shape index (κ1) is 11.3. The lowest BCUT2D eigenvalue weighted by Gasteiger charge is -1.99. The Balaban J connectivity index is 2.07. The third-order valence-electron chi connectivity index (χ3n) is 1.97. The highest BCUT2D eigenvalue weighted by Gasteiger charge is 2.08. The summed E-state index contributed by atoms with van der Waals surface area (Å²) in [4.78, 5) is 11.6. The second-order valence-corrected chi connectivity index (χ2v) is 3.62. The highest BCUT2D eigenvalue weighted by molar-refractivity contribution is 6.45. The van der Waals surface area contributed by atoms with Gasteiger partial charge in [0, 0.05) is 0 Å². The zero-order valence-electron chi connectivity index (χ0n) is 8.72. The van der Waals surface area contributed by atoms with Crippen molar-refractivity contribution in [3.8, 4) is 0 Å². The number of anilines is 1. The Kier molecular flexibility index (Phi) is 3.52. The molecule has 2 N–H and O–H groups in total. The molecule has 0 bridgehead atoms. The summed E-state index contributed by atoms with van der Waals surface area (Å²) in [7, 11) is 0. The number of nitrogens with zero attached hydrogens (tertiary/aromatic N) is 2. The van der Waals surface area contributed by atoms with Crippen LogP contribution in [-0.2, 0) is 4.79 Å². The lowest BCUT2D eigenvalue weighted by atomic mass is 10.2. The predicted molar refractivity (Wildman–Crippen MR) is 65.3 cm³/mol. The molecule has 0 aliphatic heterocycles. The number of carbonyl (C=O) groups excluding carboxylic acids is 1. The fourth-order valence-electron chi connectivity index (χ4n) is 1.20. The maximum Gasteiger partial charge on any atom is 0.268 e. The standard InChI is InChI=1S/C11H9ClN4O/c12-9(6-8-4-2-1-3-5-8)11(17)14-10-7-13-16-15-10/h1-7H,(H2,13,14,15,16,17). The molecule has 0 fully saturated rings. The van der Waals surface area contributed by atoms with Gasteiger partial charge in [-0.1, -0.05) is 41.9 Å². The summed E-state index contributed by atoms with van der Waals surface area (Å²) in [5.74, 6) is -0.0981. The number of benzene rings is 1. The van der Waals surface area contributed by atoms with Crippen LogP contribution in [0.3, 0.4) is 0 Å². The molecule has 1 aromatic carbocycles. The first-order valence-corrected chi connectivity index (χ1v) is 5.23. The molecule has 1 aromatic heterocycles. The maximum atomic E-state index is 11.6. The van der Waals surface area contributed by atoms with Gasteiger partial charge in [-0.2, -0.15) is 10.3 Å². The minimum absolute atomic E-state index is 0.0826. The molecule has 0 saturated carbocycles. The van der Waals surface area contributed by atoms with E-state index in [1.807, 2.05) is 30.3 Å². The van der Waals surface area contributed by atoms with Crippen LogP contribution in [0.4, 0.5) is 5.82 Å². The number of nitrogens with one attached hydrogen (secondary N) is 2. The largest absolute Gasteiger partial charge is 0.303 e. The van der Waals surface area contributed by atoms with Crippen molar-refractivity contribution >= 4 is 29.4 Å². The smallest absolute Gasteiger partial charge is 0.268 e. The molecule has 2 rings (SSSR count). The Labute approximate surface area is 102 Å². The van der Waals surface area contributed by atoms with Crippen LogP contribution in [0.25, 0.3) is 6.08 Å². The molecule has 86 valence electrons. The second kappa shape index (κ2) is 5.27. The van der Waals surface area contributed by atoms with Crippen molar-refractivity contribution in [2.45, 2.75) is 0 Å². The average molecular weight is 249 g/mol. The van der Waals surface area contributed by atoms with Crippen LogP contribution < -0.4 is 5.32 Å². The van der Waals surface area contributed by atoms with Gasteiger partial charge in [-0.3, -0.25) is 4.79 Å².